The van der Waals surface area contributed by atoms with Crippen LogP contribution in [-0.4, -0.2) is 78.5 Å². The maximum absolute atomic E-state index is 11.4. The molecule has 1 aliphatic rings. The van der Waals surface area contributed by atoms with E-state index in [1.54, 1.807) is 21.1 Å². The second kappa shape index (κ2) is 10.4. The number of hydrogen-bond donors (Lipinski definition) is 2. The first-order chi connectivity index (χ1) is 13.0. The van der Waals surface area contributed by atoms with Crippen LogP contribution in [0.5, 0.6) is 5.75 Å². The summed E-state index contributed by atoms with van der Waals surface area (Å²) < 4.78 is 30.7. The number of hydrogen-bond acceptors (Lipinski definition) is 5. The van der Waals surface area contributed by atoms with Gasteiger partial charge in [-0.3, -0.25) is 4.99 Å². The fourth-order valence-corrected chi connectivity index (χ4v) is 3.59. The van der Waals surface area contributed by atoms with E-state index in [0.717, 1.165) is 37.9 Å². The lowest BCUT2D eigenvalue weighted by molar-refractivity contribution is 0.372. The molecular formula is C18H31N5O3S. The third-order valence-electron chi connectivity index (χ3n) is 4.55. The molecule has 8 nitrogen and oxygen atoms in total. The largest absolute Gasteiger partial charge is 0.497 e. The number of sulfonamides is 1. The summed E-state index contributed by atoms with van der Waals surface area (Å²) in [6.07, 6.45) is 0.710. The minimum Gasteiger partial charge on any atom is -0.497 e. The summed E-state index contributed by atoms with van der Waals surface area (Å²) in [7, 11) is 0.338. The van der Waals surface area contributed by atoms with Crippen molar-refractivity contribution in [2.75, 3.05) is 64.1 Å². The van der Waals surface area contributed by atoms with Gasteiger partial charge in [0, 0.05) is 58.1 Å². The van der Waals surface area contributed by atoms with Gasteiger partial charge in [0.1, 0.15) is 5.75 Å². The van der Waals surface area contributed by atoms with Gasteiger partial charge in [-0.25, -0.2) is 13.1 Å². The van der Waals surface area contributed by atoms with Crippen molar-refractivity contribution in [3.8, 4) is 5.75 Å². The molecule has 0 aromatic heterocycles. The van der Waals surface area contributed by atoms with Crippen molar-refractivity contribution in [2.45, 2.75) is 13.3 Å². The smallest absolute Gasteiger partial charge is 0.211 e. The van der Waals surface area contributed by atoms with Crippen LogP contribution in [0.3, 0.4) is 0 Å². The Balaban J connectivity index is 1.76. The number of nitrogens with zero attached hydrogens (tertiary/aromatic N) is 3. The van der Waals surface area contributed by atoms with E-state index < -0.39 is 10.0 Å². The van der Waals surface area contributed by atoms with Gasteiger partial charge in [0.15, 0.2) is 5.96 Å². The normalized spacial score (nSPS) is 15.7. The standard InChI is InChI=1S/C18H31N5O3S/c1-4-27(24,25)21-10-6-9-20-18(19-2)23-13-11-22(12-14-23)16-7-5-8-17(15-16)26-3/h5,7-8,15,21H,4,6,9-14H2,1-3H3,(H,19,20). The van der Waals surface area contributed by atoms with Gasteiger partial charge in [0.25, 0.3) is 0 Å². The lowest BCUT2D eigenvalue weighted by Gasteiger charge is -2.37. The molecule has 2 rings (SSSR count). The fourth-order valence-electron chi connectivity index (χ4n) is 2.93. The van der Waals surface area contributed by atoms with E-state index in [4.69, 9.17) is 4.74 Å². The van der Waals surface area contributed by atoms with Gasteiger partial charge in [-0.05, 0) is 25.5 Å². The summed E-state index contributed by atoms with van der Waals surface area (Å²) in [6.45, 7) is 6.30. The highest BCUT2D eigenvalue weighted by molar-refractivity contribution is 7.89. The maximum Gasteiger partial charge on any atom is 0.211 e. The molecule has 27 heavy (non-hydrogen) atoms. The topological polar surface area (TPSA) is 86.3 Å². The Morgan fingerprint density at radius 1 is 1.22 bits per heavy atom. The molecule has 0 atom stereocenters. The number of piperazine rings is 1. The number of aliphatic imine (C=N–C) groups is 1. The second-order valence-electron chi connectivity index (χ2n) is 6.30. The van der Waals surface area contributed by atoms with E-state index in [2.05, 4.69) is 37.0 Å². The molecule has 0 aliphatic carbocycles. The van der Waals surface area contributed by atoms with Crippen molar-refractivity contribution in [1.82, 2.24) is 14.9 Å². The predicted molar refractivity (Wildman–Crippen MR) is 110 cm³/mol. The van der Waals surface area contributed by atoms with Gasteiger partial charge in [-0.15, -0.1) is 0 Å². The molecule has 0 spiro atoms. The summed E-state index contributed by atoms with van der Waals surface area (Å²) in [4.78, 5) is 8.92. The lowest BCUT2D eigenvalue weighted by atomic mass is 10.2. The molecular weight excluding hydrogens is 366 g/mol. The predicted octanol–water partition coefficient (Wildman–Crippen LogP) is 0.722. The van der Waals surface area contributed by atoms with Crippen LogP contribution in [0.2, 0.25) is 0 Å². The highest BCUT2D eigenvalue weighted by Gasteiger charge is 2.20. The second-order valence-corrected chi connectivity index (χ2v) is 8.40. The average Bonchev–Trinajstić information content (AvgIpc) is 2.71. The van der Waals surface area contributed by atoms with Crippen molar-refractivity contribution in [2.24, 2.45) is 4.99 Å². The molecule has 152 valence electrons. The molecule has 0 saturated carbocycles. The highest BCUT2D eigenvalue weighted by atomic mass is 32.2. The maximum atomic E-state index is 11.4. The Morgan fingerprint density at radius 2 is 1.96 bits per heavy atom. The van der Waals surface area contributed by atoms with Crippen molar-refractivity contribution in [3.05, 3.63) is 24.3 Å². The molecule has 1 aliphatic heterocycles. The van der Waals surface area contributed by atoms with Gasteiger partial charge >= 0.3 is 0 Å². The first kappa shape index (κ1) is 21.3. The Hall–Kier alpha value is -2.00. The molecule has 1 saturated heterocycles. The molecule has 1 aromatic carbocycles. The fraction of sp³-hybridized carbons (Fsp3) is 0.611. The Bertz CT molecular complexity index is 715. The van der Waals surface area contributed by atoms with Gasteiger partial charge in [-0.1, -0.05) is 6.07 Å². The van der Waals surface area contributed by atoms with Gasteiger partial charge in [0.2, 0.25) is 10.0 Å². The Kier molecular flexibility index (Phi) is 8.18. The van der Waals surface area contributed by atoms with Crippen LogP contribution in [0.1, 0.15) is 13.3 Å². The number of nitrogens with one attached hydrogen (secondary N) is 2. The molecule has 0 radical (unpaired) electrons. The molecule has 0 bridgehead atoms. The van der Waals surface area contributed by atoms with Crippen LogP contribution in [0.25, 0.3) is 0 Å². The summed E-state index contributed by atoms with van der Waals surface area (Å²) >= 11 is 0. The third kappa shape index (κ3) is 6.59. The lowest BCUT2D eigenvalue weighted by Crippen LogP contribution is -2.52. The minimum absolute atomic E-state index is 0.111. The molecule has 0 unspecified atom stereocenters. The van der Waals surface area contributed by atoms with Crippen LogP contribution >= 0.6 is 0 Å². The van der Waals surface area contributed by atoms with E-state index in [1.807, 2.05) is 12.1 Å². The number of rotatable bonds is 8. The molecule has 2 N–H and O–H groups in total. The van der Waals surface area contributed by atoms with Crippen LogP contribution < -0.4 is 19.7 Å². The van der Waals surface area contributed by atoms with Gasteiger partial charge in [-0.2, -0.15) is 0 Å². The van der Waals surface area contributed by atoms with Crippen LogP contribution in [0.15, 0.2) is 29.3 Å². The Morgan fingerprint density at radius 3 is 2.59 bits per heavy atom. The average molecular weight is 398 g/mol. The minimum atomic E-state index is -3.12. The number of benzene rings is 1. The zero-order valence-electron chi connectivity index (χ0n) is 16.4. The SMILES string of the molecule is CCS(=O)(=O)NCCCNC(=NC)N1CCN(c2cccc(OC)c2)CC1. The van der Waals surface area contributed by atoms with E-state index in [0.29, 0.717) is 19.5 Å². The number of methoxy groups -OCH3 is 1. The molecule has 9 heteroatoms. The van der Waals surface area contributed by atoms with Crippen molar-refractivity contribution in [3.63, 3.8) is 0 Å². The van der Waals surface area contributed by atoms with Crippen LogP contribution in [-0.2, 0) is 10.0 Å². The van der Waals surface area contributed by atoms with Crippen LogP contribution in [0, 0.1) is 0 Å². The van der Waals surface area contributed by atoms with Gasteiger partial charge in [0.05, 0.1) is 12.9 Å². The summed E-state index contributed by atoms with van der Waals surface area (Å²) in [5.74, 6) is 1.84. The van der Waals surface area contributed by atoms with Crippen LogP contribution in [0.4, 0.5) is 5.69 Å². The summed E-state index contributed by atoms with van der Waals surface area (Å²) in [5.41, 5.74) is 1.17. The first-order valence-electron chi connectivity index (χ1n) is 9.31. The third-order valence-corrected chi connectivity index (χ3v) is 5.95. The molecule has 0 amide bonds. The monoisotopic (exact) mass is 397 g/mol. The molecule has 1 heterocycles. The number of anilines is 1. The summed E-state index contributed by atoms with van der Waals surface area (Å²) in [6, 6.07) is 8.11. The summed E-state index contributed by atoms with van der Waals surface area (Å²) in [5, 5.41) is 3.32. The molecule has 1 aromatic rings. The van der Waals surface area contributed by atoms with Crippen molar-refractivity contribution >= 4 is 21.7 Å². The number of guanidine groups is 1. The quantitative estimate of drug-likeness (QED) is 0.382. The van der Waals surface area contributed by atoms with E-state index in [9.17, 15) is 8.42 Å². The highest BCUT2D eigenvalue weighted by Crippen LogP contribution is 2.22. The van der Waals surface area contributed by atoms with Gasteiger partial charge < -0.3 is 19.9 Å². The van der Waals surface area contributed by atoms with E-state index in [1.165, 1.54) is 5.69 Å². The zero-order chi connectivity index (χ0) is 19.7. The van der Waals surface area contributed by atoms with Crippen molar-refractivity contribution in [1.29, 1.82) is 0 Å². The molecule has 1 fully saturated rings. The van der Waals surface area contributed by atoms with Crippen molar-refractivity contribution < 1.29 is 13.2 Å². The van der Waals surface area contributed by atoms with E-state index >= 15 is 0 Å². The number of ether oxygens (including phenoxy) is 1. The first-order valence-corrected chi connectivity index (χ1v) is 11.0. The Labute approximate surface area is 162 Å². The van der Waals surface area contributed by atoms with E-state index in [-0.39, 0.29) is 5.75 Å². The zero-order valence-corrected chi connectivity index (χ0v) is 17.3.